The van der Waals surface area contributed by atoms with Crippen molar-refractivity contribution in [3.05, 3.63) is 28.8 Å². The molecule has 4 nitrogen and oxygen atoms in total. The molecule has 1 amide bonds. The monoisotopic (exact) mass is 290 g/mol. The highest BCUT2D eigenvalue weighted by molar-refractivity contribution is 5.88. The van der Waals surface area contributed by atoms with Crippen LogP contribution in [0.25, 0.3) is 0 Å². The second-order valence-electron chi connectivity index (χ2n) is 5.92. The average Bonchev–Trinajstić information content (AvgIpc) is 2.47. The number of amides is 1. The number of hydrogen-bond donors (Lipinski definition) is 2. The van der Waals surface area contributed by atoms with Gasteiger partial charge in [-0.15, -0.1) is 0 Å². The molecule has 0 radical (unpaired) electrons. The Morgan fingerprint density at radius 3 is 2.76 bits per heavy atom. The highest BCUT2D eigenvalue weighted by atomic mass is 16.4. The fourth-order valence-electron chi connectivity index (χ4n) is 3.35. The quantitative estimate of drug-likeness (QED) is 0.889. The van der Waals surface area contributed by atoms with Crippen molar-refractivity contribution in [2.45, 2.75) is 46.0 Å². The molecule has 1 aromatic carbocycles. The number of anilines is 1. The van der Waals surface area contributed by atoms with Gasteiger partial charge in [0.15, 0.2) is 0 Å². The minimum atomic E-state index is -0.859. The molecule has 1 fully saturated rings. The number of rotatable bonds is 4. The van der Waals surface area contributed by atoms with Gasteiger partial charge in [-0.05, 0) is 62.3 Å². The summed E-state index contributed by atoms with van der Waals surface area (Å²) in [5.74, 6) is 0.496. The second-order valence-corrected chi connectivity index (χ2v) is 5.92. The summed E-state index contributed by atoms with van der Waals surface area (Å²) in [5, 5.41) is 13.0. The molecule has 116 valence electrons. The molecule has 1 unspecified atom stereocenters. The molecule has 21 heavy (non-hydrogen) atoms. The van der Waals surface area contributed by atoms with Gasteiger partial charge in [-0.3, -0.25) is 4.90 Å². The zero-order valence-electron chi connectivity index (χ0n) is 13.3. The maximum Gasteiger partial charge on any atom is 0.411 e. The second kappa shape index (κ2) is 6.94. The fraction of sp³-hybridized carbons (Fsp3) is 0.588. The standard InChI is InChI=1S/C17H26N2O2/c1-4-10-19(17(20)21)16-12(2)7-8-15(13(16)3)14-6-5-9-18-11-14/h7-8,14,18H,4-6,9-11H2,1-3H3,(H,20,21). The van der Waals surface area contributed by atoms with Crippen molar-refractivity contribution in [2.24, 2.45) is 0 Å². The van der Waals surface area contributed by atoms with E-state index in [9.17, 15) is 9.90 Å². The highest BCUT2D eigenvalue weighted by Gasteiger charge is 2.23. The summed E-state index contributed by atoms with van der Waals surface area (Å²) < 4.78 is 0. The summed E-state index contributed by atoms with van der Waals surface area (Å²) >= 11 is 0. The number of benzene rings is 1. The molecule has 2 rings (SSSR count). The van der Waals surface area contributed by atoms with Crippen molar-refractivity contribution >= 4 is 11.8 Å². The van der Waals surface area contributed by atoms with Gasteiger partial charge in [0.05, 0.1) is 5.69 Å². The number of piperidine rings is 1. The summed E-state index contributed by atoms with van der Waals surface area (Å²) in [6.45, 7) is 8.70. The van der Waals surface area contributed by atoms with E-state index in [0.717, 1.165) is 36.3 Å². The molecule has 1 heterocycles. The van der Waals surface area contributed by atoms with Crippen LogP contribution in [0.2, 0.25) is 0 Å². The van der Waals surface area contributed by atoms with Gasteiger partial charge in [0.1, 0.15) is 0 Å². The van der Waals surface area contributed by atoms with Crippen LogP contribution in [-0.4, -0.2) is 30.8 Å². The predicted octanol–water partition coefficient (Wildman–Crippen LogP) is 3.66. The smallest absolute Gasteiger partial charge is 0.411 e. The Labute approximate surface area is 127 Å². The first-order valence-corrected chi connectivity index (χ1v) is 7.87. The molecular formula is C17H26N2O2. The van der Waals surface area contributed by atoms with Crippen LogP contribution in [0.1, 0.15) is 48.8 Å². The van der Waals surface area contributed by atoms with Gasteiger partial charge in [0.25, 0.3) is 0 Å². The zero-order chi connectivity index (χ0) is 15.4. The first-order chi connectivity index (χ1) is 10.1. The van der Waals surface area contributed by atoms with E-state index in [1.165, 1.54) is 23.3 Å². The first kappa shape index (κ1) is 15.8. The van der Waals surface area contributed by atoms with Crippen LogP contribution in [0.15, 0.2) is 12.1 Å². The molecule has 1 saturated heterocycles. The molecule has 0 spiro atoms. The van der Waals surface area contributed by atoms with E-state index in [1.807, 2.05) is 13.8 Å². The number of hydrogen-bond acceptors (Lipinski definition) is 2. The molecule has 1 aliphatic heterocycles. The van der Waals surface area contributed by atoms with Crippen molar-refractivity contribution in [1.82, 2.24) is 5.32 Å². The van der Waals surface area contributed by atoms with E-state index in [1.54, 1.807) is 0 Å². The normalized spacial score (nSPS) is 18.5. The van der Waals surface area contributed by atoms with Gasteiger partial charge in [-0.25, -0.2) is 4.79 Å². The van der Waals surface area contributed by atoms with Crippen molar-refractivity contribution in [3.63, 3.8) is 0 Å². The van der Waals surface area contributed by atoms with Gasteiger partial charge in [0.2, 0.25) is 0 Å². The van der Waals surface area contributed by atoms with Crippen LogP contribution in [0.3, 0.4) is 0 Å². The molecule has 1 aliphatic rings. The van der Waals surface area contributed by atoms with Crippen molar-refractivity contribution in [2.75, 3.05) is 24.5 Å². The highest BCUT2D eigenvalue weighted by Crippen LogP contribution is 2.34. The van der Waals surface area contributed by atoms with Gasteiger partial charge < -0.3 is 10.4 Å². The lowest BCUT2D eigenvalue weighted by Crippen LogP contribution is -2.32. The molecule has 1 aromatic rings. The molecule has 2 N–H and O–H groups in total. The number of carbonyl (C=O) groups is 1. The molecule has 0 aromatic heterocycles. The Morgan fingerprint density at radius 2 is 2.19 bits per heavy atom. The lowest BCUT2D eigenvalue weighted by Gasteiger charge is -2.29. The summed E-state index contributed by atoms with van der Waals surface area (Å²) in [6.07, 6.45) is 2.32. The van der Waals surface area contributed by atoms with Crippen LogP contribution in [0, 0.1) is 13.8 Å². The summed E-state index contributed by atoms with van der Waals surface area (Å²) in [4.78, 5) is 13.1. The van der Waals surface area contributed by atoms with Crippen molar-refractivity contribution in [1.29, 1.82) is 0 Å². The minimum absolute atomic E-state index is 0.496. The number of aryl methyl sites for hydroxylation is 1. The molecule has 0 saturated carbocycles. The maximum atomic E-state index is 11.6. The van der Waals surface area contributed by atoms with Crippen molar-refractivity contribution < 1.29 is 9.90 Å². The van der Waals surface area contributed by atoms with E-state index >= 15 is 0 Å². The predicted molar refractivity (Wildman–Crippen MR) is 86.4 cm³/mol. The van der Waals surface area contributed by atoms with E-state index in [-0.39, 0.29) is 0 Å². The third-order valence-corrected chi connectivity index (χ3v) is 4.36. The van der Waals surface area contributed by atoms with E-state index in [4.69, 9.17) is 0 Å². The number of nitrogens with zero attached hydrogens (tertiary/aromatic N) is 1. The Bertz CT molecular complexity index is 508. The van der Waals surface area contributed by atoms with Crippen LogP contribution in [0.5, 0.6) is 0 Å². The van der Waals surface area contributed by atoms with Gasteiger partial charge in [-0.2, -0.15) is 0 Å². The molecule has 0 aliphatic carbocycles. The van der Waals surface area contributed by atoms with Gasteiger partial charge in [-0.1, -0.05) is 19.1 Å². The van der Waals surface area contributed by atoms with Gasteiger partial charge in [0, 0.05) is 13.1 Å². The third-order valence-electron chi connectivity index (χ3n) is 4.36. The lowest BCUT2D eigenvalue weighted by molar-refractivity contribution is 0.201. The summed E-state index contributed by atoms with van der Waals surface area (Å²) in [5.41, 5.74) is 4.34. The summed E-state index contributed by atoms with van der Waals surface area (Å²) in [6, 6.07) is 4.25. The van der Waals surface area contributed by atoms with Crippen LogP contribution in [-0.2, 0) is 0 Å². The number of carboxylic acid groups (broad SMARTS) is 1. The topological polar surface area (TPSA) is 52.6 Å². The minimum Gasteiger partial charge on any atom is -0.465 e. The Hall–Kier alpha value is -1.55. The average molecular weight is 290 g/mol. The number of nitrogens with one attached hydrogen (secondary N) is 1. The zero-order valence-corrected chi connectivity index (χ0v) is 13.3. The molecular weight excluding hydrogens is 264 g/mol. The first-order valence-electron chi connectivity index (χ1n) is 7.87. The lowest BCUT2D eigenvalue weighted by atomic mass is 9.87. The SMILES string of the molecule is CCCN(C(=O)O)c1c(C)ccc(C2CCCNC2)c1C. The fourth-order valence-corrected chi connectivity index (χ4v) is 3.35. The Balaban J connectivity index is 2.42. The third kappa shape index (κ3) is 3.38. The van der Waals surface area contributed by atoms with E-state index in [2.05, 4.69) is 24.4 Å². The largest absolute Gasteiger partial charge is 0.465 e. The van der Waals surface area contributed by atoms with Gasteiger partial charge >= 0.3 is 6.09 Å². The molecule has 0 bridgehead atoms. The van der Waals surface area contributed by atoms with Crippen LogP contribution >= 0.6 is 0 Å². The van der Waals surface area contributed by atoms with Crippen LogP contribution in [0.4, 0.5) is 10.5 Å². The van der Waals surface area contributed by atoms with E-state index in [0.29, 0.717) is 12.5 Å². The van der Waals surface area contributed by atoms with Crippen molar-refractivity contribution in [3.8, 4) is 0 Å². The summed E-state index contributed by atoms with van der Waals surface area (Å²) in [7, 11) is 0. The molecule has 4 heteroatoms. The molecule has 1 atom stereocenters. The van der Waals surface area contributed by atoms with E-state index < -0.39 is 6.09 Å². The Kier molecular flexibility index (Phi) is 5.23. The van der Waals surface area contributed by atoms with Crippen LogP contribution < -0.4 is 10.2 Å². The Morgan fingerprint density at radius 1 is 1.43 bits per heavy atom. The maximum absolute atomic E-state index is 11.6.